The van der Waals surface area contributed by atoms with E-state index in [1.165, 1.54) is 11.9 Å². The van der Waals surface area contributed by atoms with Crippen LogP contribution < -0.4 is 9.62 Å². The Balaban J connectivity index is 2.46. The van der Waals surface area contributed by atoms with Gasteiger partial charge in [0.25, 0.3) is 0 Å². The first-order chi connectivity index (χ1) is 15.0. The minimum Gasteiger partial charge on any atom is -0.357 e. The standard InChI is InChI=1S/C24H33N3O4S/c1-7-21(24(29)25-5)26(15-20-13-11-17(2)12-14-20)23(28)16-27(32(6,30)31)22-10-8-9-18(3)19(22)4/h8-14,21H,7,15-16H2,1-6H3,(H,25,29)/t21-/m1/s1. The monoisotopic (exact) mass is 459 g/mol. The second-order valence-electron chi connectivity index (χ2n) is 8.03. The Morgan fingerprint density at radius 1 is 1.03 bits per heavy atom. The smallest absolute Gasteiger partial charge is 0.244 e. The summed E-state index contributed by atoms with van der Waals surface area (Å²) in [5, 5.41) is 2.61. The second kappa shape index (κ2) is 10.6. The van der Waals surface area contributed by atoms with Gasteiger partial charge in [0, 0.05) is 13.6 Å². The Kier molecular flexibility index (Phi) is 8.44. The molecule has 0 aromatic heterocycles. The van der Waals surface area contributed by atoms with E-state index in [1.54, 1.807) is 12.1 Å². The van der Waals surface area contributed by atoms with Crippen molar-refractivity contribution in [2.24, 2.45) is 0 Å². The predicted octanol–water partition coefficient (Wildman–Crippen LogP) is 2.93. The van der Waals surface area contributed by atoms with Crippen LogP contribution in [0.15, 0.2) is 42.5 Å². The van der Waals surface area contributed by atoms with Gasteiger partial charge in [0.15, 0.2) is 0 Å². The van der Waals surface area contributed by atoms with E-state index in [9.17, 15) is 18.0 Å². The maximum Gasteiger partial charge on any atom is 0.244 e. The van der Waals surface area contributed by atoms with Crippen LogP contribution in [0.4, 0.5) is 5.69 Å². The van der Waals surface area contributed by atoms with Gasteiger partial charge in [-0.05, 0) is 49.9 Å². The van der Waals surface area contributed by atoms with Crippen molar-refractivity contribution in [1.29, 1.82) is 0 Å². The molecule has 2 aromatic rings. The van der Waals surface area contributed by atoms with Gasteiger partial charge < -0.3 is 10.2 Å². The average molecular weight is 460 g/mol. The van der Waals surface area contributed by atoms with Gasteiger partial charge in [0.1, 0.15) is 12.6 Å². The Hall–Kier alpha value is -2.87. The van der Waals surface area contributed by atoms with Gasteiger partial charge in [-0.2, -0.15) is 0 Å². The van der Waals surface area contributed by atoms with Crippen molar-refractivity contribution in [3.05, 3.63) is 64.7 Å². The molecule has 32 heavy (non-hydrogen) atoms. The molecular formula is C24H33N3O4S. The number of rotatable bonds is 9. The number of hydrogen-bond donors (Lipinski definition) is 1. The highest BCUT2D eigenvalue weighted by atomic mass is 32.2. The zero-order valence-electron chi connectivity index (χ0n) is 19.7. The quantitative estimate of drug-likeness (QED) is 0.625. The van der Waals surface area contributed by atoms with E-state index in [2.05, 4.69) is 5.32 Å². The molecule has 8 heteroatoms. The fourth-order valence-corrected chi connectivity index (χ4v) is 4.48. The van der Waals surface area contributed by atoms with Gasteiger partial charge in [0.2, 0.25) is 21.8 Å². The molecule has 0 unspecified atom stereocenters. The molecule has 1 atom stereocenters. The fraction of sp³-hybridized carbons (Fsp3) is 0.417. The number of sulfonamides is 1. The van der Waals surface area contributed by atoms with Gasteiger partial charge in [-0.15, -0.1) is 0 Å². The van der Waals surface area contributed by atoms with E-state index in [0.29, 0.717) is 12.1 Å². The maximum absolute atomic E-state index is 13.5. The molecule has 0 radical (unpaired) electrons. The molecule has 0 fully saturated rings. The summed E-state index contributed by atoms with van der Waals surface area (Å²) in [5.41, 5.74) is 4.13. The number of nitrogens with zero attached hydrogens (tertiary/aromatic N) is 2. The highest BCUT2D eigenvalue weighted by Gasteiger charge is 2.31. The van der Waals surface area contributed by atoms with Crippen molar-refractivity contribution < 1.29 is 18.0 Å². The molecule has 0 aliphatic carbocycles. The zero-order valence-corrected chi connectivity index (χ0v) is 20.5. The molecule has 0 saturated heterocycles. The van der Waals surface area contributed by atoms with E-state index in [4.69, 9.17) is 0 Å². The first kappa shape index (κ1) is 25.4. The molecule has 0 aliphatic heterocycles. The van der Waals surface area contributed by atoms with Crippen LogP contribution in [0.5, 0.6) is 0 Å². The van der Waals surface area contributed by atoms with Gasteiger partial charge in [-0.3, -0.25) is 13.9 Å². The highest BCUT2D eigenvalue weighted by molar-refractivity contribution is 7.92. The Bertz CT molecular complexity index is 1070. The molecular weight excluding hydrogens is 426 g/mol. The molecule has 0 aliphatic rings. The molecule has 0 saturated carbocycles. The van der Waals surface area contributed by atoms with Gasteiger partial charge in [0.05, 0.1) is 11.9 Å². The number of nitrogens with one attached hydrogen (secondary N) is 1. The number of hydrogen-bond acceptors (Lipinski definition) is 4. The summed E-state index contributed by atoms with van der Waals surface area (Å²) >= 11 is 0. The predicted molar refractivity (Wildman–Crippen MR) is 128 cm³/mol. The minimum atomic E-state index is -3.74. The number of anilines is 1. The lowest BCUT2D eigenvalue weighted by Gasteiger charge is -2.33. The third-order valence-electron chi connectivity index (χ3n) is 5.63. The SMILES string of the molecule is CC[C@H](C(=O)NC)N(Cc1ccc(C)cc1)C(=O)CN(c1cccc(C)c1C)S(C)(=O)=O. The third kappa shape index (κ3) is 6.09. The summed E-state index contributed by atoms with van der Waals surface area (Å²) in [5.74, 6) is -0.724. The first-order valence-corrected chi connectivity index (χ1v) is 12.4. The molecule has 7 nitrogen and oxygen atoms in total. The number of carbonyl (C=O) groups is 2. The van der Waals surface area contributed by atoms with E-state index in [0.717, 1.165) is 32.8 Å². The average Bonchev–Trinajstić information content (AvgIpc) is 2.74. The lowest BCUT2D eigenvalue weighted by atomic mass is 10.1. The number of benzene rings is 2. The van der Waals surface area contributed by atoms with Gasteiger partial charge in [-0.1, -0.05) is 48.9 Å². The van der Waals surface area contributed by atoms with Crippen LogP contribution in [0.3, 0.4) is 0 Å². The minimum absolute atomic E-state index is 0.204. The Morgan fingerprint density at radius 2 is 1.66 bits per heavy atom. The number of likely N-dealkylation sites (N-methyl/N-ethyl adjacent to an activating group) is 1. The number of amides is 2. The molecule has 1 N–H and O–H groups in total. The van der Waals surface area contributed by atoms with Crippen molar-refractivity contribution in [2.75, 3.05) is 24.2 Å². The summed E-state index contributed by atoms with van der Waals surface area (Å²) in [6, 6.07) is 12.3. The molecule has 2 aromatic carbocycles. The summed E-state index contributed by atoms with van der Waals surface area (Å²) in [4.78, 5) is 27.5. The summed E-state index contributed by atoms with van der Waals surface area (Å²) in [6.07, 6.45) is 1.49. The molecule has 0 spiro atoms. The molecule has 2 rings (SSSR count). The lowest BCUT2D eigenvalue weighted by Crippen LogP contribution is -2.51. The van der Waals surface area contributed by atoms with Crippen molar-refractivity contribution in [3.8, 4) is 0 Å². The number of aryl methyl sites for hydroxylation is 2. The van der Waals surface area contributed by atoms with E-state index in [-0.39, 0.29) is 19.0 Å². The first-order valence-electron chi connectivity index (χ1n) is 10.6. The van der Waals surface area contributed by atoms with Gasteiger partial charge >= 0.3 is 0 Å². The van der Waals surface area contributed by atoms with Crippen molar-refractivity contribution in [3.63, 3.8) is 0 Å². The van der Waals surface area contributed by atoms with Crippen LogP contribution in [-0.4, -0.2) is 51.0 Å². The molecule has 0 heterocycles. The zero-order chi connectivity index (χ0) is 24.1. The largest absolute Gasteiger partial charge is 0.357 e. The topological polar surface area (TPSA) is 86.8 Å². The molecule has 174 valence electrons. The Morgan fingerprint density at radius 3 is 2.19 bits per heavy atom. The second-order valence-corrected chi connectivity index (χ2v) is 9.94. The van der Waals surface area contributed by atoms with Crippen molar-refractivity contribution in [1.82, 2.24) is 10.2 Å². The van der Waals surface area contributed by atoms with Crippen molar-refractivity contribution >= 4 is 27.5 Å². The van der Waals surface area contributed by atoms with E-state index in [1.807, 2.05) is 58.0 Å². The number of carbonyl (C=O) groups excluding carboxylic acids is 2. The van der Waals surface area contributed by atoms with Crippen LogP contribution in [0.25, 0.3) is 0 Å². The normalized spacial score (nSPS) is 12.2. The summed E-state index contributed by atoms with van der Waals surface area (Å²) in [6.45, 7) is 7.34. The third-order valence-corrected chi connectivity index (χ3v) is 6.76. The fourth-order valence-electron chi connectivity index (χ4n) is 3.58. The van der Waals surface area contributed by atoms with Crippen molar-refractivity contribution in [2.45, 2.75) is 46.7 Å². The van der Waals surface area contributed by atoms with Crippen LogP contribution >= 0.6 is 0 Å². The van der Waals surface area contributed by atoms with Crippen LogP contribution in [0, 0.1) is 20.8 Å². The van der Waals surface area contributed by atoms with Crippen LogP contribution in [-0.2, 0) is 26.2 Å². The van der Waals surface area contributed by atoms with Crippen LogP contribution in [0.1, 0.15) is 35.6 Å². The van der Waals surface area contributed by atoms with Crippen LogP contribution in [0.2, 0.25) is 0 Å². The molecule has 2 amide bonds. The van der Waals surface area contributed by atoms with E-state index < -0.39 is 22.0 Å². The summed E-state index contributed by atoms with van der Waals surface area (Å²) in [7, 11) is -2.21. The lowest BCUT2D eigenvalue weighted by molar-refractivity contribution is -0.140. The summed E-state index contributed by atoms with van der Waals surface area (Å²) < 4.78 is 26.4. The van der Waals surface area contributed by atoms with E-state index >= 15 is 0 Å². The van der Waals surface area contributed by atoms with Gasteiger partial charge in [-0.25, -0.2) is 8.42 Å². The molecule has 0 bridgehead atoms. The highest BCUT2D eigenvalue weighted by Crippen LogP contribution is 2.25. The maximum atomic E-state index is 13.5. The Labute approximate surface area is 191 Å².